The second kappa shape index (κ2) is 6.21. The van der Waals surface area contributed by atoms with Crippen molar-refractivity contribution in [3.8, 4) is 0 Å². The average molecular weight is 288 g/mol. The van der Waals surface area contributed by atoms with Crippen LogP contribution in [0.4, 0.5) is 0 Å². The Morgan fingerprint density at radius 1 is 1.50 bits per heavy atom. The largest absolute Gasteiger partial charge is 0.383 e. The molecule has 18 heavy (non-hydrogen) atoms. The number of imidazole rings is 1. The molecule has 0 aliphatic rings. The molecule has 0 bridgehead atoms. The highest BCUT2D eigenvalue weighted by molar-refractivity contribution is 7.98. The molecule has 0 amide bonds. The molecule has 0 unspecified atom stereocenters. The number of ether oxygens (including phenoxy) is 1. The van der Waals surface area contributed by atoms with E-state index < -0.39 is 0 Å². The third-order valence-corrected chi connectivity index (χ3v) is 3.80. The van der Waals surface area contributed by atoms with Crippen LogP contribution in [-0.2, 0) is 24.1 Å². The van der Waals surface area contributed by atoms with E-state index >= 15 is 0 Å². The lowest BCUT2D eigenvalue weighted by Gasteiger charge is -2.05. The van der Waals surface area contributed by atoms with Crippen LogP contribution >= 0.6 is 23.4 Å². The summed E-state index contributed by atoms with van der Waals surface area (Å²) in [6.45, 7) is 1.38. The molecule has 0 fully saturated rings. The summed E-state index contributed by atoms with van der Waals surface area (Å²) in [5.41, 5.74) is 0. The van der Waals surface area contributed by atoms with Crippen LogP contribution in [0.25, 0.3) is 0 Å². The third kappa shape index (κ3) is 3.04. The number of rotatable bonds is 6. The SMILES string of the molecule is COCCn1cnnc1SCc1ncc(Cl)n1C. The van der Waals surface area contributed by atoms with Crippen LogP contribution in [0.15, 0.2) is 17.7 Å². The molecule has 0 spiro atoms. The molecule has 0 N–H and O–H groups in total. The maximum absolute atomic E-state index is 5.93. The van der Waals surface area contributed by atoms with Gasteiger partial charge < -0.3 is 13.9 Å². The van der Waals surface area contributed by atoms with Gasteiger partial charge in [0, 0.05) is 20.7 Å². The molecule has 98 valence electrons. The van der Waals surface area contributed by atoms with E-state index in [0.29, 0.717) is 17.5 Å². The van der Waals surface area contributed by atoms with Crippen LogP contribution in [0.5, 0.6) is 0 Å². The minimum atomic E-state index is 0.631. The van der Waals surface area contributed by atoms with E-state index in [-0.39, 0.29) is 0 Å². The number of aromatic nitrogens is 5. The van der Waals surface area contributed by atoms with Crippen LogP contribution in [0.2, 0.25) is 5.15 Å². The maximum atomic E-state index is 5.93. The van der Waals surface area contributed by atoms with Crippen molar-refractivity contribution in [3.63, 3.8) is 0 Å². The number of thioether (sulfide) groups is 1. The first-order valence-corrected chi connectivity index (χ1v) is 6.74. The van der Waals surface area contributed by atoms with Crippen molar-refractivity contribution < 1.29 is 4.74 Å². The van der Waals surface area contributed by atoms with Crippen molar-refractivity contribution in [3.05, 3.63) is 23.5 Å². The number of halogens is 1. The van der Waals surface area contributed by atoms with Crippen LogP contribution in [-0.4, -0.2) is 38.0 Å². The first-order chi connectivity index (χ1) is 8.72. The Morgan fingerprint density at radius 2 is 2.33 bits per heavy atom. The fraction of sp³-hybridized carbons (Fsp3) is 0.500. The predicted molar refractivity (Wildman–Crippen MR) is 69.7 cm³/mol. The first-order valence-electron chi connectivity index (χ1n) is 5.38. The molecule has 2 aromatic heterocycles. The van der Waals surface area contributed by atoms with E-state index in [1.807, 2.05) is 16.2 Å². The van der Waals surface area contributed by atoms with Crippen molar-refractivity contribution in [2.24, 2.45) is 7.05 Å². The van der Waals surface area contributed by atoms with E-state index in [2.05, 4.69) is 15.2 Å². The van der Waals surface area contributed by atoms with Gasteiger partial charge in [-0.3, -0.25) is 0 Å². The Kier molecular flexibility index (Phi) is 4.62. The standard InChI is InChI=1S/C10H14ClN5OS/c1-15-8(11)5-12-9(15)6-18-10-14-13-7-16(10)3-4-17-2/h5,7H,3-4,6H2,1-2H3. The van der Waals surface area contributed by atoms with Gasteiger partial charge in [0.05, 0.1) is 18.6 Å². The summed E-state index contributed by atoms with van der Waals surface area (Å²) in [6, 6.07) is 0. The molecule has 0 aliphatic heterocycles. The summed E-state index contributed by atoms with van der Waals surface area (Å²) in [6.07, 6.45) is 3.35. The van der Waals surface area contributed by atoms with E-state index in [0.717, 1.165) is 17.5 Å². The lowest BCUT2D eigenvalue weighted by atomic mass is 10.7. The van der Waals surface area contributed by atoms with Gasteiger partial charge in [-0.2, -0.15) is 0 Å². The summed E-state index contributed by atoms with van der Waals surface area (Å²) in [5, 5.41) is 9.45. The maximum Gasteiger partial charge on any atom is 0.191 e. The van der Waals surface area contributed by atoms with Gasteiger partial charge in [0.25, 0.3) is 0 Å². The molecule has 0 radical (unpaired) electrons. The fourth-order valence-corrected chi connectivity index (χ4v) is 2.47. The second-order valence-corrected chi connectivity index (χ2v) is 4.97. The topological polar surface area (TPSA) is 57.8 Å². The summed E-state index contributed by atoms with van der Waals surface area (Å²) >= 11 is 7.51. The van der Waals surface area contributed by atoms with Crippen LogP contribution in [0, 0.1) is 0 Å². The predicted octanol–water partition coefficient (Wildman–Crippen LogP) is 1.60. The van der Waals surface area contributed by atoms with E-state index in [4.69, 9.17) is 16.3 Å². The zero-order valence-electron chi connectivity index (χ0n) is 10.2. The molecule has 0 aliphatic carbocycles. The van der Waals surface area contributed by atoms with Crippen molar-refractivity contribution in [2.75, 3.05) is 13.7 Å². The highest BCUT2D eigenvalue weighted by Crippen LogP contribution is 2.21. The summed E-state index contributed by atoms with van der Waals surface area (Å²) in [4.78, 5) is 4.23. The number of nitrogens with zero attached hydrogens (tertiary/aromatic N) is 5. The van der Waals surface area contributed by atoms with Gasteiger partial charge in [-0.05, 0) is 0 Å². The summed E-state index contributed by atoms with van der Waals surface area (Å²) in [7, 11) is 3.56. The Morgan fingerprint density at radius 3 is 3.00 bits per heavy atom. The summed E-state index contributed by atoms with van der Waals surface area (Å²) in [5.74, 6) is 1.61. The summed E-state index contributed by atoms with van der Waals surface area (Å²) < 4.78 is 8.84. The average Bonchev–Trinajstić information content (AvgIpc) is 2.94. The minimum Gasteiger partial charge on any atom is -0.383 e. The molecule has 0 atom stereocenters. The molecule has 2 heterocycles. The molecule has 8 heteroatoms. The zero-order valence-corrected chi connectivity index (χ0v) is 11.8. The van der Waals surface area contributed by atoms with Crippen molar-refractivity contribution in [2.45, 2.75) is 17.5 Å². The number of hydrogen-bond acceptors (Lipinski definition) is 5. The second-order valence-electron chi connectivity index (χ2n) is 3.64. The Balaban J connectivity index is 1.98. The Bertz CT molecular complexity index is 512. The molecular formula is C10H14ClN5OS. The van der Waals surface area contributed by atoms with Gasteiger partial charge >= 0.3 is 0 Å². The quantitative estimate of drug-likeness (QED) is 0.756. The fourth-order valence-electron chi connectivity index (χ4n) is 1.39. The monoisotopic (exact) mass is 287 g/mol. The van der Waals surface area contributed by atoms with Crippen molar-refractivity contribution in [1.82, 2.24) is 24.3 Å². The Hall–Kier alpha value is -1.05. The highest BCUT2D eigenvalue weighted by atomic mass is 35.5. The van der Waals surface area contributed by atoms with E-state index in [1.165, 1.54) is 0 Å². The van der Waals surface area contributed by atoms with Gasteiger partial charge in [-0.15, -0.1) is 10.2 Å². The Labute approximate surface area is 114 Å². The van der Waals surface area contributed by atoms with Gasteiger partial charge in [0.15, 0.2) is 5.16 Å². The number of hydrogen-bond donors (Lipinski definition) is 0. The normalized spacial score (nSPS) is 11.1. The van der Waals surface area contributed by atoms with Crippen molar-refractivity contribution in [1.29, 1.82) is 0 Å². The first kappa shape index (κ1) is 13.4. The van der Waals surface area contributed by atoms with Gasteiger partial charge in [-0.25, -0.2) is 4.98 Å². The van der Waals surface area contributed by atoms with Crippen LogP contribution in [0.1, 0.15) is 5.82 Å². The van der Waals surface area contributed by atoms with Gasteiger partial charge in [-0.1, -0.05) is 23.4 Å². The van der Waals surface area contributed by atoms with Gasteiger partial charge in [0.2, 0.25) is 0 Å². The number of methoxy groups -OCH3 is 1. The smallest absolute Gasteiger partial charge is 0.191 e. The van der Waals surface area contributed by atoms with E-state index in [1.54, 1.807) is 31.4 Å². The minimum absolute atomic E-state index is 0.631. The molecule has 0 saturated carbocycles. The third-order valence-electron chi connectivity index (χ3n) is 2.47. The molecule has 0 aromatic carbocycles. The van der Waals surface area contributed by atoms with Crippen LogP contribution < -0.4 is 0 Å². The van der Waals surface area contributed by atoms with Gasteiger partial charge in [0.1, 0.15) is 17.3 Å². The van der Waals surface area contributed by atoms with E-state index in [9.17, 15) is 0 Å². The molecule has 2 rings (SSSR count). The van der Waals surface area contributed by atoms with Crippen molar-refractivity contribution >= 4 is 23.4 Å². The van der Waals surface area contributed by atoms with Crippen LogP contribution in [0.3, 0.4) is 0 Å². The molecule has 0 saturated heterocycles. The lowest BCUT2D eigenvalue weighted by molar-refractivity contribution is 0.184. The molecule has 6 nitrogen and oxygen atoms in total. The highest BCUT2D eigenvalue weighted by Gasteiger charge is 2.09. The molecule has 2 aromatic rings. The zero-order chi connectivity index (χ0) is 13.0. The lowest BCUT2D eigenvalue weighted by Crippen LogP contribution is -2.05. The molecular weight excluding hydrogens is 274 g/mol.